The number of aryl methyl sites for hydroxylation is 1. The summed E-state index contributed by atoms with van der Waals surface area (Å²) >= 11 is 0. The molecule has 3 amide bonds. The van der Waals surface area contributed by atoms with Crippen LogP contribution >= 0.6 is 0 Å². The maximum atomic E-state index is 11.5. The van der Waals surface area contributed by atoms with Crippen LogP contribution in [-0.4, -0.2) is 23.0 Å². The fourth-order valence-corrected chi connectivity index (χ4v) is 1.51. The van der Waals surface area contributed by atoms with Crippen molar-refractivity contribution in [3.63, 3.8) is 0 Å². The molecule has 0 aliphatic heterocycles. The smallest absolute Gasteiger partial charge is 0.325 e. The number of carbonyl (C=O) groups is 3. The second kappa shape index (κ2) is 7.15. The number of nitrogens with one attached hydrogen (secondary N) is 2. The summed E-state index contributed by atoms with van der Waals surface area (Å²) < 4.78 is 0. The molecule has 0 fully saturated rings. The average Bonchev–Trinajstić information content (AvgIpc) is 2.37. The molecule has 1 aromatic carbocycles. The number of carbonyl (C=O) groups excluding carboxylic acids is 2. The van der Waals surface area contributed by atoms with E-state index < -0.39 is 17.9 Å². The van der Waals surface area contributed by atoms with E-state index >= 15 is 0 Å². The molecule has 102 valence electrons. The maximum absolute atomic E-state index is 11.5. The predicted octanol–water partition coefficient (Wildman–Crippen LogP) is 1.76. The minimum atomic E-state index is -1.08. The van der Waals surface area contributed by atoms with E-state index in [9.17, 15) is 14.4 Å². The molecule has 3 N–H and O–H groups in total. The van der Waals surface area contributed by atoms with Crippen LogP contribution in [0.2, 0.25) is 0 Å². The number of carboxylic acids is 1. The Kier molecular flexibility index (Phi) is 5.53. The number of amides is 3. The van der Waals surface area contributed by atoms with Gasteiger partial charge in [0, 0.05) is 12.1 Å². The quantitative estimate of drug-likeness (QED) is 0.755. The highest BCUT2D eigenvalue weighted by molar-refractivity contribution is 6.01. The molecule has 0 atom stereocenters. The van der Waals surface area contributed by atoms with E-state index in [0.717, 1.165) is 12.0 Å². The Morgan fingerprint density at radius 2 is 1.84 bits per heavy atom. The first-order valence-corrected chi connectivity index (χ1v) is 5.93. The molecule has 0 saturated carbocycles. The van der Waals surface area contributed by atoms with Crippen LogP contribution in [0.4, 0.5) is 10.5 Å². The van der Waals surface area contributed by atoms with Crippen molar-refractivity contribution in [1.29, 1.82) is 0 Å². The summed E-state index contributed by atoms with van der Waals surface area (Å²) in [5.74, 6) is -1.69. The van der Waals surface area contributed by atoms with Gasteiger partial charge in [0.2, 0.25) is 5.91 Å². The van der Waals surface area contributed by atoms with Gasteiger partial charge < -0.3 is 10.4 Å². The molecule has 0 unspecified atom stereocenters. The third-order valence-electron chi connectivity index (χ3n) is 2.47. The fourth-order valence-electron chi connectivity index (χ4n) is 1.51. The molecule has 0 heterocycles. The van der Waals surface area contributed by atoms with Gasteiger partial charge in [-0.15, -0.1) is 0 Å². The van der Waals surface area contributed by atoms with Crippen molar-refractivity contribution in [2.45, 2.75) is 26.2 Å². The third-order valence-corrected chi connectivity index (χ3v) is 2.47. The number of benzene rings is 1. The Morgan fingerprint density at radius 3 is 2.47 bits per heavy atom. The summed E-state index contributed by atoms with van der Waals surface area (Å²) in [5, 5.41) is 13.1. The highest BCUT2D eigenvalue weighted by Crippen LogP contribution is 2.14. The van der Waals surface area contributed by atoms with Crippen LogP contribution in [0.25, 0.3) is 0 Å². The molecule has 0 aliphatic carbocycles. The van der Waals surface area contributed by atoms with E-state index in [1.54, 1.807) is 12.1 Å². The van der Waals surface area contributed by atoms with Gasteiger partial charge in [-0.1, -0.05) is 25.1 Å². The van der Waals surface area contributed by atoms with E-state index in [-0.39, 0.29) is 12.8 Å². The average molecular weight is 264 g/mol. The number of aliphatic carboxylic acids is 1. The Balaban J connectivity index is 2.51. The van der Waals surface area contributed by atoms with Crippen molar-refractivity contribution in [1.82, 2.24) is 5.32 Å². The highest BCUT2D eigenvalue weighted by Gasteiger charge is 2.10. The van der Waals surface area contributed by atoms with E-state index in [4.69, 9.17) is 5.11 Å². The highest BCUT2D eigenvalue weighted by atomic mass is 16.4. The summed E-state index contributed by atoms with van der Waals surface area (Å²) in [4.78, 5) is 33.1. The summed E-state index contributed by atoms with van der Waals surface area (Å²) in [6.45, 7) is 1.95. The number of imide groups is 1. The van der Waals surface area contributed by atoms with Gasteiger partial charge in [-0.3, -0.25) is 14.9 Å². The molecule has 19 heavy (non-hydrogen) atoms. The zero-order valence-corrected chi connectivity index (χ0v) is 10.6. The molecule has 1 rings (SSSR count). The van der Waals surface area contributed by atoms with Gasteiger partial charge in [0.05, 0.1) is 6.42 Å². The van der Waals surface area contributed by atoms with Crippen molar-refractivity contribution in [2.24, 2.45) is 0 Å². The molecule has 0 saturated heterocycles. The third kappa shape index (κ3) is 5.20. The minimum Gasteiger partial charge on any atom is -0.481 e. The van der Waals surface area contributed by atoms with Crippen LogP contribution in [0.1, 0.15) is 25.3 Å². The van der Waals surface area contributed by atoms with Crippen molar-refractivity contribution in [3.8, 4) is 0 Å². The second-order valence-corrected chi connectivity index (χ2v) is 3.91. The lowest BCUT2D eigenvalue weighted by Gasteiger charge is -2.09. The van der Waals surface area contributed by atoms with Crippen LogP contribution in [0.5, 0.6) is 0 Å². The SMILES string of the molecule is CCc1ccccc1NC(=O)NC(=O)CCC(=O)O. The zero-order valence-electron chi connectivity index (χ0n) is 10.6. The molecule has 6 heteroatoms. The Labute approximate surface area is 110 Å². The molecular weight excluding hydrogens is 248 g/mol. The second-order valence-electron chi connectivity index (χ2n) is 3.91. The summed E-state index contributed by atoms with van der Waals surface area (Å²) in [6, 6.07) is 6.60. The number of hydrogen-bond acceptors (Lipinski definition) is 3. The lowest BCUT2D eigenvalue weighted by molar-refractivity contribution is -0.138. The lowest BCUT2D eigenvalue weighted by Crippen LogP contribution is -2.34. The maximum Gasteiger partial charge on any atom is 0.325 e. The molecule has 6 nitrogen and oxygen atoms in total. The first kappa shape index (κ1) is 14.7. The van der Waals surface area contributed by atoms with E-state index in [0.29, 0.717) is 5.69 Å². The van der Waals surface area contributed by atoms with Gasteiger partial charge in [-0.05, 0) is 18.1 Å². The van der Waals surface area contributed by atoms with Crippen molar-refractivity contribution in [3.05, 3.63) is 29.8 Å². The molecular formula is C13H16N2O4. The molecule has 0 radical (unpaired) electrons. The monoisotopic (exact) mass is 264 g/mol. The van der Waals surface area contributed by atoms with Crippen LogP contribution in [0, 0.1) is 0 Å². The van der Waals surface area contributed by atoms with Crippen LogP contribution in [0.15, 0.2) is 24.3 Å². The molecule has 0 aromatic heterocycles. The number of para-hydroxylation sites is 1. The fraction of sp³-hybridized carbons (Fsp3) is 0.308. The van der Waals surface area contributed by atoms with Crippen LogP contribution < -0.4 is 10.6 Å². The zero-order chi connectivity index (χ0) is 14.3. The standard InChI is InChI=1S/C13H16N2O4/c1-2-9-5-3-4-6-10(9)14-13(19)15-11(16)7-8-12(17)18/h3-6H,2,7-8H2,1H3,(H,17,18)(H2,14,15,16,19). The molecule has 0 aliphatic rings. The van der Waals surface area contributed by atoms with Crippen molar-refractivity contribution < 1.29 is 19.5 Å². The van der Waals surface area contributed by atoms with E-state index in [2.05, 4.69) is 10.6 Å². The van der Waals surface area contributed by atoms with Crippen LogP contribution in [0.3, 0.4) is 0 Å². The van der Waals surface area contributed by atoms with E-state index in [1.165, 1.54) is 0 Å². The van der Waals surface area contributed by atoms with Gasteiger partial charge in [-0.25, -0.2) is 4.79 Å². The van der Waals surface area contributed by atoms with Crippen LogP contribution in [-0.2, 0) is 16.0 Å². The first-order valence-electron chi connectivity index (χ1n) is 5.93. The molecule has 1 aromatic rings. The van der Waals surface area contributed by atoms with Crippen molar-refractivity contribution in [2.75, 3.05) is 5.32 Å². The predicted molar refractivity (Wildman–Crippen MR) is 69.9 cm³/mol. The Hall–Kier alpha value is -2.37. The number of rotatable bonds is 5. The summed E-state index contributed by atoms with van der Waals surface area (Å²) in [5.41, 5.74) is 1.59. The van der Waals surface area contributed by atoms with Crippen molar-refractivity contribution >= 4 is 23.6 Å². The number of anilines is 1. The van der Waals surface area contributed by atoms with Gasteiger partial charge in [0.25, 0.3) is 0 Å². The number of hydrogen-bond donors (Lipinski definition) is 3. The Bertz CT molecular complexity index is 485. The first-order chi connectivity index (χ1) is 9.02. The van der Waals surface area contributed by atoms with Gasteiger partial charge in [-0.2, -0.15) is 0 Å². The van der Waals surface area contributed by atoms with Gasteiger partial charge >= 0.3 is 12.0 Å². The van der Waals surface area contributed by atoms with Gasteiger partial charge in [0.15, 0.2) is 0 Å². The topological polar surface area (TPSA) is 95.5 Å². The molecule has 0 spiro atoms. The number of urea groups is 1. The van der Waals surface area contributed by atoms with Gasteiger partial charge in [0.1, 0.15) is 0 Å². The summed E-state index contributed by atoms with van der Waals surface area (Å²) in [6.07, 6.45) is 0.228. The van der Waals surface area contributed by atoms with E-state index in [1.807, 2.05) is 19.1 Å². The Morgan fingerprint density at radius 1 is 1.16 bits per heavy atom. The largest absolute Gasteiger partial charge is 0.481 e. The minimum absolute atomic E-state index is 0.224. The number of carboxylic acid groups (broad SMARTS) is 1. The summed E-state index contributed by atoms with van der Waals surface area (Å²) in [7, 11) is 0. The lowest BCUT2D eigenvalue weighted by atomic mass is 10.1. The molecule has 0 bridgehead atoms. The normalized spacial score (nSPS) is 9.74.